The van der Waals surface area contributed by atoms with Crippen LogP contribution in [0.5, 0.6) is 0 Å². The van der Waals surface area contributed by atoms with Crippen molar-refractivity contribution in [3.63, 3.8) is 0 Å². The van der Waals surface area contributed by atoms with E-state index in [1.807, 2.05) is 30.3 Å². The van der Waals surface area contributed by atoms with E-state index < -0.39 is 16.0 Å². The summed E-state index contributed by atoms with van der Waals surface area (Å²) in [5.41, 5.74) is 6.35. The molecule has 0 aliphatic rings. The molecule has 0 spiro atoms. The number of hydrogen-bond acceptors (Lipinski definition) is 6. The maximum absolute atomic E-state index is 13.2. The number of halogens is 1. The molecule has 1 heterocycles. The predicted molar refractivity (Wildman–Crippen MR) is 99.9 cm³/mol. The minimum absolute atomic E-state index is 0. The van der Waals surface area contributed by atoms with Crippen molar-refractivity contribution in [2.75, 3.05) is 20.2 Å². The maximum Gasteiger partial charge on any atom is 0.342 e. The molecular weight excluding hydrogens is 380 g/mol. The predicted octanol–water partition coefficient (Wildman–Crippen LogP) is 2.25. The highest BCUT2D eigenvalue weighted by atomic mass is 35.5. The lowest BCUT2D eigenvalue weighted by atomic mass is 10.2. The van der Waals surface area contributed by atoms with Crippen molar-refractivity contribution in [1.29, 1.82) is 0 Å². The highest BCUT2D eigenvalue weighted by Gasteiger charge is 2.35. The summed E-state index contributed by atoms with van der Waals surface area (Å²) in [6.45, 7) is 3.44. The molecule has 144 valence electrons. The van der Waals surface area contributed by atoms with Crippen LogP contribution >= 0.6 is 12.4 Å². The number of aryl methyl sites for hydroxylation is 2. The fourth-order valence-corrected chi connectivity index (χ4v) is 4.47. The number of ether oxygens (including phenoxy) is 1. The number of nitrogens with two attached hydrogens (primary N) is 1. The van der Waals surface area contributed by atoms with Gasteiger partial charge >= 0.3 is 5.97 Å². The van der Waals surface area contributed by atoms with Gasteiger partial charge in [-0.05, 0) is 19.4 Å². The van der Waals surface area contributed by atoms with Gasteiger partial charge in [-0.2, -0.15) is 4.31 Å². The van der Waals surface area contributed by atoms with E-state index in [9.17, 15) is 13.2 Å². The average molecular weight is 403 g/mol. The highest BCUT2D eigenvalue weighted by molar-refractivity contribution is 7.89. The van der Waals surface area contributed by atoms with Gasteiger partial charge in [0.25, 0.3) is 0 Å². The standard InChI is InChI=1S/C17H22N2O5S.ClH/c1-12-15(17(20)23-3)16(13(2)24-12)25(21,22)19(10-9-18)11-14-7-5-4-6-8-14;/h4-8H,9-11,18H2,1-3H3;1H. The minimum Gasteiger partial charge on any atom is -0.465 e. The van der Waals surface area contributed by atoms with Gasteiger partial charge in [-0.3, -0.25) is 0 Å². The second-order valence-electron chi connectivity index (χ2n) is 5.52. The normalized spacial score (nSPS) is 11.3. The quantitative estimate of drug-likeness (QED) is 0.712. The maximum atomic E-state index is 13.2. The Bertz CT molecular complexity index is 850. The fraction of sp³-hybridized carbons (Fsp3) is 0.353. The second-order valence-corrected chi connectivity index (χ2v) is 7.40. The van der Waals surface area contributed by atoms with Crippen molar-refractivity contribution in [3.8, 4) is 0 Å². The van der Waals surface area contributed by atoms with Gasteiger partial charge in [-0.15, -0.1) is 12.4 Å². The Morgan fingerprint density at radius 2 is 1.81 bits per heavy atom. The third-order valence-corrected chi connectivity index (χ3v) is 5.77. The molecule has 0 aliphatic heterocycles. The average Bonchev–Trinajstić information content (AvgIpc) is 2.89. The van der Waals surface area contributed by atoms with Gasteiger partial charge in [0.2, 0.25) is 10.0 Å². The molecular formula is C17H23ClN2O5S. The zero-order valence-electron chi connectivity index (χ0n) is 14.9. The molecule has 0 unspecified atom stereocenters. The lowest BCUT2D eigenvalue weighted by Gasteiger charge is -2.22. The summed E-state index contributed by atoms with van der Waals surface area (Å²) < 4.78 is 37.8. The van der Waals surface area contributed by atoms with Crippen molar-refractivity contribution in [2.45, 2.75) is 25.3 Å². The van der Waals surface area contributed by atoms with Crippen molar-refractivity contribution in [1.82, 2.24) is 4.31 Å². The summed E-state index contributed by atoms with van der Waals surface area (Å²) in [6.07, 6.45) is 0. The molecule has 0 fully saturated rings. The molecule has 0 aliphatic carbocycles. The molecule has 26 heavy (non-hydrogen) atoms. The number of benzene rings is 1. The summed E-state index contributed by atoms with van der Waals surface area (Å²) >= 11 is 0. The molecule has 1 aromatic carbocycles. The first-order valence-electron chi connectivity index (χ1n) is 7.75. The van der Waals surface area contributed by atoms with Crippen LogP contribution < -0.4 is 5.73 Å². The topological polar surface area (TPSA) is 103 Å². The second kappa shape index (κ2) is 9.18. The molecule has 2 rings (SSSR count). The Morgan fingerprint density at radius 3 is 2.35 bits per heavy atom. The van der Waals surface area contributed by atoms with Crippen molar-refractivity contribution < 1.29 is 22.4 Å². The van der Waals surface area contributed by atoms with Gasteiger partial charge in [0.15, 0.2) is 0 Å². The molecule has 1 aromatic heterocycles. The van der Waals surface area contributed by atoms with Crippen LogP contribution in [0.15, 0.2) is 39.6 Å². The van der Waals surface area contributed by atoms with Crippen LogP contribution in [0.2, 0.25) is 0 Å². The Morgan fingerprint density at radius 1 is 1.19 bits per heavy atom. The number of methoxy groups -OCH3 is 1. The van der Waals surface area contributed by atoms with Crippen LogP contribution in [0.1, 0.15) is 27.4 Å². The number of esters is 1. The summed E-state index contributed by atoms with van der Waals surface area (Å²) in [5, 5.41) is 0. The first-order chi connectivity index (χ1) is 11.8. The molecule has 0 amide bonds. The van der Waals surface area contributed by atoms with Crippen LogP contribution in [0.4, 0.5) is 0 Å². The molecule has 0 saturated carbocycles. The van der Waals surface area contributed by atoms with Crippen LogP contribution in [-0.2, 0) is 21.3 Å². The molecule has 0 atom stereocenters. The number of carbonyl (C=O) groups is 1. The molecule has 2 N–H and O–H groups in total. The van der Waals surface area contributed by atoms with Crippen LogP contribution in [0.3, 0.4) is 0 Å². The van der Waals surface area contributed by atoms with Crippen molar-refractivity contribution in [2.24, 2.45) is 5.73 Å². The van der Waals surface area contributed by atoms with Gasteiger partial charge in [-0.1, -0.05) is 30.3 Å². The molecule has 9 heteroatoms. The molecule has 0 radical (unpaired) electrons. The van der Waals surface area contributed by atoms with Gasteiger partial charge < -0.3 is 14.9 Å². The fourth-order valence-electron chi connectivity index (χ4n) is 2.66. The van der Waals surface area contributed by atoms with Gasteiger partial charge in [0.1, 0.15) is 22.0 Å². The number of carbonyl (C=O) groups excluding carboxylic acids is 1. The number of nitrogens with zero attached hydrogens (tertiary/aromatic N) is 1. The van der Waals surface area contributed by atoms with Gasteiger partial charge in [0.05, 0.1) is 7.11 Å². The summed E-state index contributed by atoms with van der Waals surface area (Å²) in [6, 6.07) is 9.16. The summed E-state index contributed by atoms with van der Waals surface area (Å²) in [5.74, 6) is -0.399. The van der Waals surface area contributed by atoms with Crippen molar-refractivity contribution in [3.05, 3.63) is 53.0 Å². The van der Waals surface area contributed by atoms with Crippen LogP contribution in [0.25, 0.3) is 0 Å². The summed E-state index contributed by atoms with van der Waals surface area (Å²) in [7, 11) is -2.80. The number of furan rings is 1. The zero-order valence-corrected chi connectivity index (χ0v) is 16.5. The Balaban J connectivity index is 0.00000338. The van der Waals surface area contributed by atoms with Crippen LogP contribution in [-0.4, -0.2) is 38.9 Å². The number of rotatable bonds is 7. The van der Waals surface area contributed by atoms with E-state index in [4.69, 9.17) is 14.9 Å². The third-order valence-electron chi connectivity index (χ3n) is 3.77. The number of hydrogen-bond donors (Lipinski definition) is 1. The molecule has 0 bridgehead atoms. The van der Waals surface area contributed by atoms with E-state index in [1.165, 1.54) is 25.3 Å². The lowest BCUT2D eigenvalue weighted by molar-refractivity contribution is 0.0594. The SMILES string of the molecule is COC(=O)c1c(C)oc(C)c1S(=O)(=O)N(CCN)Cc1ccccc1.Cl. The van der Waals surface area contributed by atoms with Crippen molar-refractivity contribution >= 4 is 28.4 Å². The van der Waals surface area contributed by atoms with E-state index in [-0.39, 0.29) is 54.0 Å². The molecule has 0 saturated heterocycles. The smallest absolute Gasteiger partial charge is 0.342 e. The Hall–Kier alpha value is -1.87. The van der Waals surface area contributed by atoms with E-state index >= 15 is 0 Å². The monoisotopic (exact) mass is 402 g/mol. The highest BCUT2D eigenvalue weighted by Crippen LogP contribution is 2.30. The summed E-state index contributed by atoms with van der Waals surface area (Å²) in [4.78, 5) is 11.9. The van der Waals surface area contributed by atoms with Gasteiger partial charge in [-0.25, -0.2) is 13.2 Å². The van der Waals surface area contributed by atoms with Gasteiger partial charge in [0, 0.05) is 19.6 Å². The van der Waals surface area contributed by atoms with Crippen LogP contribution in [0, 0.1) is 13.8 Å². The Kier molecular flexibility index (Phi) is 7.83. The molecule has 7 nitrogen and oxygen atoms in total. The lowest BCUT2D eigenvalue weighted by Crippen LogP contribution is -2.35. The largest absolute Gasteiger partial charge is 0.465 e. The van der Waals surface area contributed by atoms with E-state index in [1.54, 1.807) is 0 Å². The minimum atomic E-state index is -4.00. The van der Waals surface area contributed by atoms with E-state index in [0.717, 1.165) is 5.56 Å². The number of sulfonamides is 1. The third kappa shape index (κ3) is 4.45. The van der Waals surface area contributed by atoms with E-state index in [2.05, 4.69) is 0 Å². The zero-order chi connectivity index (χ0) is 18.6. The first kappa shape index (κ1) is 22.2. The molecule has 2 aromatic rings. The van der Waals surface area contributed by atoms with E-state index in [0.29, 0.717) is 0 Å². The Labute approximate surface area is 159 Å². The first-order valence-corrected chi connectivity index (χ1v) is 9.19.